The second-order valence-corrected chi connectivity index (χ2v) is 4.41. The van der Waals surface area contributed by atoms with Gasteiger partial charge in [-0.15, -0.1) is 11.8 Å². The molecule has 1 aromatic heterocycles. The normalized spacial score (nSPS) is 10.3. The Balaban J connectivity index is 2.55. The second-order valence-electron chi connectivity index (χ2n) is 3.53. The highest BCUT2D eigenvalue weighted by atomic mass is 32.2. The zero-order valence-corrected chi connectivity index (χ0v) is 10.4. The molecule has 0 spiro atoms. The fraction of sp³-hybridized carbons (Fsp3) is 0.0769. The van der Waals surface area contributed by atoms with Crippen molar-refractivity contribution in [3.05, 3.63) is 52.6 Å². The molecule has 0 unspecified atom stereocenters. The number of hydrogen-bond acceptors (Lipinski definition) is 4. The van der Waals surface area contributed by atoms with Crippen molar-refractivity contribution in [2.75, 3.05) is 6.26 Å². The molecular weight excluding hydrogens is 252 g/mol. The van der Waals surface area contributed by atoms with Crippen molar-refractivity contribution >= 4 is 17.7 Å². The van der Waals surface area contributed by atoms with E-state index in [0.717, 1.165) is 4.90 Å². The fourth-order valence-electron chi connectivity index (χ4n) is 1.57. The van der Waals surface area contributed by atoms with Crippen LogP contribution in [0.2, 0.25) is 0 Å². The molecule has 1 heterocycles. The molecule has 0 atom stereocenters. The SMILES string of the molecule is CSc1ccc(-c2ccc(=O)oc2C(=O)O)cc1. The summed E-state index contributed by atoms with van der Waals surface area (Å²) in [5.41, 5.74) is 0.431. The molecule has 2 rings (SSSR count). The molecule has 0 bridgehead atoms. The minimum atomic E-state index is -1.25. The largest absolute Gasteiger partial charge is 0.475 e. The summed E-state index contributed by atoms with van der Waals surface area (Å²) >= 11 is 1.60. The van der Waals surface area contributed by atoms with Gasteiger partial charge in [-0.25, -0.2) is 9.59 Å². The smallest absolute Gasteiger partial charge is 0.372 e. The van der Waals surface area contributed by atoms with Gasteiger partial charge >= 0.3 is 11.6 Å². The second kappa shape index (κ2) is 5.10. The lowest BCUT2D eigenvalue weighted by Gasteiger charge is -2.05. The van der Waals surface area contributed by atoms with E-state index in [2.05, 4.69) is 0 Å². The van der Waals surface area contributed by atoms with E-state index < -0.39 is 11.6 Å². The molecule has 0 amide bonds. The summed E-state index contributed by atoms with van der Waals surface area (Å²) < 4.78 is 4.72. The van der Waals surface area contributed by atoms with Gasteiger partial charge in [0.1, 0.15) is 0 Å². The molecule has 0 saturated carbocycles. The van der Waals surface area contributed by atoms with E-state index in [1.165, 1.54) is 12.1 Å². The topological polar surface area (TPSA) is 67.5 Å². The molecule has 0 saturated heterocycles. The van der Waals surface area contributed by atoms with Gasteiger partial charge in [0.15, 0.2) is 0 Å². The maximum atomic E-state index is 11.0. The molecule has 4 nitrogen and oxygen atoms in total. The first-order valence-electron chi connectivity index (χ1n) is 5.13. The first-order chi connectivity index (χ1) is 8.61. The van der Waals surface area contributed by atoms with Gasteiger partial charge < -0.3 is 9.52 Å². The van der Waals surface area contributed by atoms with Gasteiger partial charge in [-0.2, -0.15) is 0 Å². The number of benzene rings is 1. The van der Waals surface area contributed by atoms with Crippen molar-refractivity contribution in [1.29, 1.82) is 0 Å². The van der Waals surface area contributed by atoms with Crippen LogP contribution in [0.1, 0.15) is 10.6 Å². The van der Waals surface area contributed by atoms with E-state index >= 15 is 0 Å². The van der Waals surface area contributed by atoms with E-state index in [-0.39, 0.29) is 5.76 Å². The number of rotatable bonds is 3. The average Bonchev–Trinajstić information content (AvgIpc) is 2.39. The van der Waals surface area contributed by atoms with Crippen LogP contribution in [0.4, 0.5) is 0 Å². The summed E-state index contributed by atoms with van der Waals surface area (Å²) in [4.78, 5) is 23.2. The van der Waals surface area contributed by atoms with Crippen LogP contribution in [0, 0.1) is 0 Å². The molecule has 0 fully saturated rings. The Morgan fingerprint density at radius 3 is 2.39 bits per heavy atom. The van der Waals surface area contributed by atoms with Crippen molar-refractivity contribution < 1.29 is 14.3 Å². The van der Waals surface area contributed by atoms with Crippen molar-refractivity contribution in [3.8, 4) is 11.1 Å². The summed E-state index contributed by atoms with van der Waals surface area (Å²) in [5, 5.41) is 9.02. The number of aromatic carboxylic acids is 1. The number of carboxylic acid groups (broad SMARTS) is 1. The lowest BCUT2D eigenvalue weighted by molar-refractivity contribution is 0.0658. The van der Waals surface area contributed by atoms with E-state index in [4.69, 9.17) is 9.52 Å². The zero-order valence-electron chi connectivity index (χ0n) is 9.54. The fourth-order valence-corrected chi connectivity index (χ4v) is 1.98. The van der Waals surface area contributed by atoms with Crippen molar-refractivity contribution in [2.24, 2.45) is 0 Å². The minimum absolute atomic E-state index is 0.334. The summed E-state index contributed by atoms with van der Waals surface area (Å²) in [5.74, 6) is -1.59. The Morgan fingerprint density at radius 1 is 1.17 bits per heavy atom. The summed E-state index contributed by atoms with van der Waals surface area (Å²) in [7, 11) is 0. The van der Waals surface area contributed by atoms with Crippen LogP contribution >= 0.6 is 11.8 Å². The van der Waals surface area contributed by atoms with Gasteiger partial charge in [0.05, 0.1) is 0 Å². The molecule has 1 aromatic carbocycles. The average molecular weight is 262 g/mol. The molecule has 0 aliphatic carbocycles. The van der Waals surface area contributed by atoms with Crippen LogP contribution in [0.3, 0.4) is 0 Å². The molecule has 5 heteroatoms. The molecule has 18 heavy (non-hydrogen) atoms. The maximum Gasteiger partial charge on any atom is 0.372 e. The van der Waals surface area contributed by atoms with Gasteiger partial charge in [0.25, 0.3) is 0 Å². The van der Waals surface area contributed by atoms with E-state index in [0.29, 0.717) is 11.1 Å². The Morgan fingerprint density at radius 2 is 1.83 bits per heavy atom. The maximum absolute atomic E-state index is 11.0. The first-order valence-corrected chi connectivity index (χ1v) is 6.36. The van der Waals surface area contributed by atoms with E-state index in [9.17, 15) is 9.59 Å². The minimum Gasteiger partial charge on any atom is -0.475 e. The van der Waals surface area contributed by atoms with E-state index in [1.54, 1.807) is 23.9 Å². The van der Waals surface area contributed by atoms with Gasteiger partial charge in [-0.05, 0) is 30.0 Å². The molecular formula is C13H10O4S. The Bertz CT molecular complexity index is 628. The number of carbonyl (C=O) groups is 1. The van der Waals surface area contributed by atoms with Crippen molar-refractivity contribution in [1.82, 2.24) is 0 Å². The predicted molar refractivity (Wildman–Crippen MR) is 69.2 cm³/mol. The molecule has 2 aromatic rings. The number of thioether (sulfide) groups is 1. The Hall–Kier alpha value is -2.01. The predicted octanol–water partition coefficient (Wildman–Crippen LogP) is 2.73. The van der Waals surface area contributed by atoms with Crippen LogP contribution in [0.25, 0.3) is 11.1 Å². The highest BCUT2D eigenvalue weighted by Crippen LogP contribution is 2.25. The van der Waals surface area contributed by atoms with Gasteiger partial charge in [-0.3, -0.25) is 0 Å². The summed E-state index contributed by atoms with van der Waals surface area (Å²) in [6.07, 6.45) is 1.96. The van der Waals surface area contributed by atoms with E-state index in [1.807, 2.05) is 18.4 Å². The molecule has 0 aliphatic heterocycles. The van der Waals surface area contributed by atoms with Crippen LogP contribution < -0.4 is 5.63 Å². The van der Waals surface area contributed by atoms with Crippen molar-refractivity contribution in [3.63, 3.8) is 0 Å². The lowest BCUT2D eigenvalue weighted by Crippen LogP contribution is -2.06. The first kappa shape index (κ1) is 12.4. The Labute approximate surface area is 107 Å². The summed E-state index contributed by atoms with van der Waals surface area (Å²) in [6.45, 7) is 0. The molecule has 1 N–H and O–H groups in total. The molecule has 0 radical (unpaired) electrons. The molecule has 92 valence electrons. The third-order valence-corrected chi connectivity index (χ3v) is 3.17. The highest BCUT2D eigenvalue weighted by molar-refractivity contribution is 7.98. The third kappa shape index (κ3) is 2.46. The Kier molecular flexibility index (Phi) is 3.53. The quantitative estimate of drug-likeness (QED) is 0.861. The monoisotopic (exact) mass is 262 g/mol. The third-order valence-electron chi connectivity index (χ3n) is 2.43. The van der Waals surface area contributed by atoms with Gasteiger partial charge in [0.2, 0.25) is 5.76 Å². The lowest BCUT2D eigenvalue weighted by atomic mass is 10.1. The van der Waals surface area contributed by atoms with Crippen molar-refractivity contribution in [2.45, 2.75) is 4.90 Å². The standard InChI is InChI=1S/C13H10O4S/c1-18-9-4-2-8(3-5-9)10-6-7-11(14)17-12(10)13(15)16/h2-7H,1H3,(H,15,16). The van der Waals surface area contributed by atoms with Gasteiger partial charge in [0, 0.05) is 16.5 Å². The summed E-state index contributed by atoms with van der Waals surface area (Å²) in [6, 6.07) is 10.0. The number of carboxylic acids is 1. The van der Waals surface area contributed by atoms with Crippen LogP contribution in [-0.4, -0.2) is 17.3 Å². The highest BCUT2D eigenvalue weighted by Gasteiger charge is 2.15. The van der Waals surface area contributed by atoms with Crippen LogP contribution in [-0.2, 0) is 0 Å². The van der Waals surface area contributed by atoms with Crippen LogP contribution in [0.5, 0.6) is 0 Å². The zero-order chi connectivity index (χ0) is 13.1. The molecule has 0 aliphatic rings. The number of hydrogen-bond donors (Lipinski definition) is 1. The van der Waals surface area contributed by atoms with Crippen LogP contribution in [0.15, 0.2) is 50.5 Å². The van der Waals surface area contributed by atoms with Gasteiger partial charge in [-0.1, -0.05) is 12.1 Å².